The van der Waals surface area contributed by atoms with Gasteiger partial charge in [0.05, 0.1) is 18.4 Å². The van der Waals surface area contributed by atoms with E-state index in [1.807, 2.05) is 19.1 Å². The van der Waals surface area contributed by atoms with Crippen molar-refractivity contribution in [3.8, 4) is 6.07 Å². The van der Waals surface area contributed by atoms with E-state index in [-0.39, 0.29) is 6.61 Å². The van der Waals surface area contributed by atoms with E-state index in [2.05, 4.69) is 4.98 Å². The Kier molecular flexibility index (Phi) is 3.81. The van der Waals surface area contributed by atoms with Crippen LogP contribution in [0.1, 0.15) is 24.1 Å². The Morgan fingerprint density at radius 1 is 1.67 bits per heavy atom. The van der Waals surface area contributed by atoms with Crippen molar-refractivity contribution < 1.29 is 9.53 Å². The van der Waals surface area contributed by atoms with Gasteiger partial charge in [-0.05, 0) is 25.5 Å². The third kappa shape index (κ3) is 2.78. The van der Waals surface area contributed by atoms with E-state index in [1.54, 1.807) is 19.2 Å². The van der Waals surface area contributed by atoms with E-state index >= 15 is 0 Å². The second kappa shape index (κ2) is 5.11. The number of ether oxygens (including phenoxy) is 1. The highest BCUT2D eigenvalue weighted by atomic mass is 16.5. The highest BCUT2D eigenvalue weighted by molar-refractivity contribution is 5.80. The van der Waals surface area contributed by atoms with Gasteiger partial charge in [-0.3, -0.25) is 9.78 Å². The van der Waals surface area contributed by atoms with E-state index in [1.165, 1.54) is 0 Å². The molecule has 0 aliphatic heterocycles. The number of nitrogens with zero attached hydrogens (tertiary/aromatic N) is 2. The molecule has 78 valence electrons. The van der Waals surface area contributed by atoms with Gasteiger partial charge in [-0.25, -0.2) is 0 Å². The van der Waals surface area contributed by atoms with Crippen LogP contribution >= 0.6 is 0 Å². The number of aryl methyl sites for hydroxylation is 1. The molecule has 0 unspecified atom stereocenters. The van der Waals surface area contributed by atoms with Crippen LogP contribution in [-0.4, -0.2) is 17.6 Å². The summed E-state index contributed by atoms with van der Waals surface area (Å²) in [5.74, 6) is -1.47. The monoisotopic (exact) mass is 204 g/mol. The molecule has 4 heteroatoms. The number of esters is 1. The van der Waals surface area contributed by atoms with Crippen molar-refractivity contribution in [3.05, 3.63) is 29.6 Å². The summed E-state index contributed by atoms with van der Waals surface area (Å²) in [7, 11) is 0. The first-order valence-electron chi connectivity index (χ1n) is 4.67. The zero-order chi connectivity index (χ0) is 11.3. The quantitative estimate of drug-likeness (QED) is 0.701. The minimum atomic E-state index is -0.925. The highest BCUT2D eigenvalue weighted by Gasteiger charge is 2.22. The van der Waals surface area contributed by atoms with Crippen LogP contribution in [0.5, 0.6) is 0 Å². The molecule has 0 N–H and O–H groups in total. The Bertz CT molecular complexity index is 379. The molecule has 1 heterocycles. The van der Waals surface area contributed by atoms with Gasteiger partial charge in [-0.2, -0.15) is 5.26 Å². The van der Waals surface area contributed by atoms with Crippen molar-refractivity contribution >= 4 is 5.97 Å². The Morgan fingerprint density at radius 3 is 2.87 bits per heavy atom. The zero-order valence-corrected chi connectivity index (χ0v) is 8.73. The van der Waals surface area contributed by atoms with Crippen molar-refractivity contribution in [1.82, 2.24) is 4.98 Å². The molecule has 1 aromatic heterocycles. The molecule has 0 saturated heterocycles. The zero-order valence-electron chi connectivity index (χ0n) is 8.73. The Morgan fingerprint density at radius 2 is 2.40 bits per heavy atom. The van der Waals surface area contributed by atoms with Crippen LogP contribution in [0.3, 0.4) is 0 Å². The van der Waals surface area contributed by atoms with E-state index in [4.69, 9.17) is 10.00 Å². The van der Waals surface area contributed by atoms with Gasteiger partial charge in [-0.1, -0.05) is 6.07 Å². The van der Waals surface area contributed by atoms with Gasteiger partial charge in [0.15, 0.2) is 5.92 Å². The van der Waals surface area contributed by atoms with Crippen molar-refractivity contribution in [2.45, 2.75) is 19.8 Å². The van der Waals surface area contributed by atoms with Crippen molar-refractivity contribution in [1.29, 1.82) is 5.26 Å². The third-order valence-corrected chi connectivity index (χ3v) is 1.88. The van der Waals surface area contributed by atoms with Crippen molar-refractivity contribution in [3.63, 3.8) is 0 Å². The molecule has 0 amide bonds. The lowest BCUT2D eigenvalue weighted by Crippen LogP contribution is -2.15. The van der Waals surface area contributed by atoms with E-state index in [0.29, 0.717) is 5.69 Å². The number of hydrogen-bond donors (Lipinski definition) is 0. The molecule has 1 rings (SSSR count). The molecule has 4 nitrogen and oxygen atoms in total. The Hall–Kier alpha value is -1.89. The minimum absolute atomic E-state index is 0.267. The molecular weight excluding hydrogens is 192 g/mol. The Labute approximate surface area is 88.5 Å². The maximum atomic E-state index is 11.4. The van der Waals surface area contributed by atoms with Crippen molar-refractivity contribution in [2.24, 2.45) is 0 Å². The summed E-state index contributed by atoms with van der Waals surface area (Å²) < 4.78 is 4.78. The largest absolute Gasteiger partial charge is 0.465 e. The van der Waals surface area contributed by atoms with Crippen LogP contribution in [0.4, 0.5) is 0 Å². The molecule has 1 aromatic rings. The predicted molar refractivity (Wildman–Crippen MR) is 54.0 cm³/mol. The number of aromatic nitrogens is 1. The smallest absolute Gasteiger partial charge is 0.329 e. The van der Waals surface area contributed by atoms with Gasteiger partial charge < -0.3 is 4.74 Å². The maximum absolute atomic E-state index is 11.4. The summed E-state index contributed by atoms with van der Waals surface area (Å²) in [5.41, 5.74) is 1.42. The fraction of sp³-hybridized carbons (Fsp3) is 0.364. The van der Waals surface area contributed by atoms with Crippen LogP contribution in [-0.2, 0) is 9.53 Å². The molecule has 0 bridgehead atoms. The number of nitriles is 1. The summed E-state index contributed by atoms with van der Waals surface area (Å²) in [5, 5.41) is 8.85. The summed E-state index contributed by atoms with van der Waals surface area (Å²) >= 11 is 0. The fourth-order valence-electron chi connectivity index (χ4n) is 1.12. The average Bonchev–Trinajstić information content (AvgIpc) is 2.22. The van der Waals surface area contributed by atoms with E-state index in [0.717, 1.165) is 5.56 Å². The molecule has 0 fully saturated rings. The van der Waals surface area contributed by atoms with Crippen LogP contribution in [0.2, 0.25) is 0 Å². The van der Waals surface area contributed by atoms with Crippen LogP contribution in [0.25, 0.3) is 0 Å². The van der Waals surface area contributed by atoms with Gasteiger partial charge in [0.1, 0.15) is 0 Å². The van der Waals surface area contributed by atoms with E-state index in [9.17, 15) is 4.79 Å². The molecule has 0 radical (unpaired) electrons. The average molecular weight is 204 g/mol. The normalized spacial score (nSPS) is 11.5. The lowest BCUT2D eigenvalue weighted by atomic mass is 10.1. The standard InChI is InChI=1S/C11H12N2O2/c1-3-15-11(14)9(6-12)10-5-4-8(2)7-13-10/h4-5,7,9H,3H2,1-2H3/t9-/m1/s1. The number of rotatable bonds is 3. The second-order valence-electron chi connectivity index (χ2n) is 3.07. The number of carbonyl (C=O) groups is 1. The van der Waals surface area contributed by atoms with Gasteiger partial charge >= 0.3 is 5.97 Å². The molecule has 1 atom stereocenters. The molecule has 0 saturated carbocycles. The highest BCUT2D eigenvalue weighted by Crippen LogP contribution is 2.14. The Balaban J connectivity index is 2.89. The first-order valence-corrected chi connectivity index (χ1v) is 4.67. The SMILES string of the molecule is CCOC(=O)[C@H](C#N)c1ccc(C)cn1. The topological polar surface area (TPSA) is 63.0 Å². The van der Waals surface area contributed by atoms with E-state index < -0.39 is 11.9 Å². The maximum Gasteiger partial charge on any atom is 0.329 e. The molecular formula is C11H12N2O2. The summed E-state index contributed by atoms with van der Waals surface area (Å²) in [4.78, 5) is 15.4. The molecule has 0 aliphatic rings. The number of carbonyl (C=O) groups excluding carboxylic acids is 1. The molecule has 0 spiro atoms. The fourth-order valence-corrected chi connectivity index (χ4v) is 1.12. The second-order valence-corrected chi connectivity index (χ2v) is 3.07. The minimum Gasteiger partial charge on any atom is -0.465 e. The number of pyridine rings is 1. The summed E-state index contributed by atoms with van der Waals surface area (Å²) in [6.45, 7) is 3.86. The van der Waals surface area contributed by atoms with Crippen LogP contribution in [0.15, 0.2) is 18.3 Å². The third-order valence-electron chi connectivity index (χ3n) is 1.88. The van der Waals surface area contributed by atoms with Gasteiger partial charge in [-0.15, -0.1) is 0 Å². The van der Waals surface area contributed by atoms with Crippen LogP contribution in [0, 0.1) is 18.3 Å². The molecule has 0 aromatic carbocycles. The van der Waals surface area contributed by atoms with Gasteiger partial charge in [0, 0.05) is 6.20 Å². The lowest BCUT2D eigenvalue weighted by Gasteiger charge is -2.07. The first-order chi connectivity index (χ1) is 7.19. The van der Waals surface area contributed by atoms with Gasteiger partial charge in [0.2, 0.25) is 0 Å². The predicted octanol–water partition coefficient (Wildman–Crippen LogP) is 1.56. The van der Waals surface area contributed by atoms with Crippen molar-refractivity contribution in [2.75, 3.05) is 6.61 Å². The first kappa shape index (κ1) is 11.2. The van der Waals surface area contributed by atoms with Crippen LogP contribution < -0.4 is 0 Å². The molecule has 0 aliphatic carbocycles. The summed E-state index contributed by atoms with van der Waals surface area (Å²) in [6.07, 6.45) is 1.62. The van der Waals surface area contributed by atoms with Gasteiger partial charge in [0.25, 0.3) is 0 Å². The number of hydrogen-bond acceptors (Lipinski definition) is 4. The molecule has 15 heavy (non-hydrogen) atoms. The lowest BCUT2D eigenvalue weighted by molar-refractivity contribution is -0.143. The summed E-state index contributed by atoms with van der Waals surface area (Å²) in [6, 6.07) is 5.36.